The topological polar surface area (TPSA) is 24.9 Å². The molecule has 0 N–H and O–H groups in total. The summed E-state index contributed by atoms with van der Waals surface area (Å²) in [5.74, 6) is 0.422. The number of ether oxygens (including phenoxy) is 2. The van der Waals surface area contributed by atoms with Gasteiger partial charge in [0.05, 0.1) is 13.2 Å². The average molecular weight is 316 g/mol. The van der Waals surface area contributed by atoms with Gasteiger partial charge in [0.2, 0.25) is 0 Å². The molecule has 0 amide bonds. The van der Waals surface area contributed by atoms with Gasteiger partial charge in [0.1, 0.15) is 0 Å². The number of benzene rings is 1. The molecule has 4 heteroatoms. The summed E-state index contributed by atoms with van der Waals surface area (Å²) in [4.78, 5) is 4.90. The molecule has 2 heterocycles. The second-order valence-electron chi connectivity index (χ2n) is 7.26. The zero-order chi connectivity index (χ0) is 15.7. The van der Waals surface area contributed by atoms with Crippen LogP contribution in [0, 0.1) is 0 Å². The molecule has 4 rings (SSSR count). The molecule has 1 spiro atoms. The van der Waals surface area contributed by atoms with Gasteiger partial charge in [-0.15, -0.1) is 0 Å². The van der Waals surface area contributed by atoms with Crippen LogP contribution in [-0.4, -0.2) is 57.1 Å². The second-order valence-corrected chi connectivity index (χ2v) is 7.26. The van der Waals surface area contributed by atoms with Crippen molar-refractivity contribution in [1.82, 2.24) is 4.90 Å². The van der Waals surface area contributed by atoms with E-state index in [1.165, 1.54) is 24.1 Å². The Kier molecular flexibility index (Phi) is 4.31. The van der Waals surface area contributed by atoms with Crippen molar-refractivity contribution in [3.63, 3.8) is 0 Å². The predicted octanol–water partition coefficient (Wildman–Crippen LogP) is 2.84. The minimum absolute atomic E-state index is 0.240. The second kappa shape index (κ2) is 6.42. The van der Waals surface area contributed by atoms with E-state index in [1.54, 1.807) is 0 Å². The molecule has 1 aromatic carbocycles. The lowest BCUT2D eigenvalue weighted by molar-refractivity contribution is -0.178. The van der Waals surface area contributed by atoms with Crippen LogP contribution in [0.1, 0.15) is 37.2 Å². The van der Waals surface area contributed by atoms with Gasteiger partial charge in [0.25, 0.3) is 0 Å². The Morgan fingerprint density at radius 1 is 0.913 bits per heavy atom. The van der Waals surface area contributed by atoms with E-state index in [-0.39, 0.29) is 5.79 Å². The lowest BCUT2D eigenvalue weighted by atomic mass is 9.81. The molecule has 4 nitrogen and oxygen atoms in total. The molecular weight excluding hydrogens is 288 g/mol. The van der Waals surface area contributed by atoms with Crippen molar-refractivity contribution in [2.75, 3.05) is 51.3 Å². The molecule has 0 unspecified atom stereocenters. The highest BCUT2D eigenvalue weighted by Gasteiger charge is 2.40. The molecule has 0 aromatic heterocycles. The first kappa shape index (κ1) is 15.4. The number of piperazine rings is 1. The van der Waals surface area contributed by atoms with E-state index in [0.29, 0.717) is 5.92 Å². The van der Waals surface area contributed by atoms with E-state index >= 15 is 0 Å². The molecule has 0 bridgehead atoms. The van der Waals surface area contributed by atoms with Crippen molar-refractivity contribution in [2.45, 2.75) is 37.4 Å². The van der Waals surface area contributed by atoms with Gasteiger partial charge in [-0.25, -0.2) is 0 Å². The number of rotatable bonds is 2. The first-order chi connectivity index (χ1) is 11.2. The van der Waals surface area contributed by atoms with E-state index < -0.39 is 0 Å². The first-order valence-corrected chi connectivity index (χ1v) is 9.05. The third kappa shape index (κ3) is 3.25. The maximum atomic E-state index is 5.84. The maximum absolute atomic E-state index is 5.84. The van der Waals surface area contributed by atoms with Gasteiger partial charge in [-0.1, -0.05) is 12.1 Å². The Morgan fingerprint density at radius 2 is 1.52 bits per heavy atom. The van der Waals surface area contributed by atoms with E-state index in [9.17, 15) is 0 Å². The summed E-state index contributed by atoms with van der Waals surface area (Å²) in [5, 5.41) is 0. The maximum Gasteiger partial charge on any atom is 0.168 e. The Hall–Kier alpha value is -1.10. The van der Waals surface area contributed by atoms with Crippen LogP contribution in [0.25, 0.3) is 0 Å². The molecule has 3 aliphatic rings. The van der Waals surface area contributed by atoms with Crippen molar-refractivity contribution >= 4 is 5.69 Å². The highest BCUT2D eigenvalue weighted by Crippen LogP contribution is 2.42. The van der Waals surface area contributed by atoms with Gasteiger partial charge >= 0.3 is 0 Å². The smallest absolute Gasteiger partial charge is 0.168 e. The summed E-state index contributed by atoms with van der Waals surface area (Å²) < 4.78 is 11.7. The molecule has 1 aliphatic carbocycles. The summed E-state index contributed by atoms with van der Waals surface area (Å²) in [6.07, 6.45) is 4.43. The van der Waals surface area contributed by atoms with Gasteiger partial charge in [-0.2, -0.15) is 0 Å². The Labute approximate surface area is 139 Å². The minimum Gasteiger partial charge on any atom is -0.369 e. The molecule has 2 aliphatic heterocycles. The molecule has 1 saturated carbocycles. The lowest BCUT2D eigenvalue weighted by Crippen LogP contribution is -2.44. The number of hydrogen-bond acceptors (Lipinski definition) is 4. The normalized spacial score (nSPS) is 26.0. The molecule has 1 aromatic rings. The fourth-order valence-corrected chi connectivity index (χ4v) is 4.20. The molecule has 0 radical (unpaired) electrons. The summed E-state index contributed by atoms with van der Waals surface area (Å²) in [5.41, 5.74) is 2.85. The van der Waals surface area contributed by atoms with E-state index in [2.05, 4.69) is 41.1 Å². The third-order valence-corrected chi connectivity index (χ3v) is 5.79. The number of anilines is 1. The molecule has 126 valence electrons. The molecule has 3 fully saturated rings. The summed E-state index contributed by atoms with van der Waals surface area (Å²) in [6.45, 7) is 6.13. The highest BCUT2D eigenvalue weighted by molar-refractivity contribution is 5.48. The fraction of sp³-hybridized carbons (Fsp3) is 0.684. The molecule has 2 saturated heterocycles. The SMILES string of the molecule is CN1CCN(c2ccc(C3CCC4(CC3)OCCO4)cc2)CC1. The van der Waals surface area contributed by atoms with Crippen LogP contribution in [0.15, 0.2) is 24.3 Å². The summed E-state index contributed by atoms with van der Waals surface area (Å²) in [7, 11) is 2.20. The van der Waals surface area contributed by atoms with Crippen LogP contribution in [0.2, 0.25) is 0 Å². The summed E-state index contributed by atoms with van der Waals surface area (Å²) in [6, 6.07) is 9.31. The van der Waals surface area contributed by atoms with Crippen LogP contribution in [-0.2, 0) is 9.47 Å². The average Bonchev–Trinajstić information content (AvgIpc) is 3.05. The van der Waals surface area contributed by atoms with E-state index in [0.717, 1.165) is 52.2 Å². The largest absolute Gasteiger partial charge is 0.369 e. The van der Waals surface area contributed by atoms with Crippen LogP contribution in [0.5, 0.6) is 0 Å². The van der Waals surface area contributed by atoms with Gasteiger partial charge < -0.3 is 19.3 Å². The van der Waals surface area contributed by atoms with Crippen LogP contribution >= 0.6 is 0 Å². The van der Waals surface area contributed by atoms with Crippen molar-refractivity contribution < 1.29 is 9.47 Å². The zero-order valence-electron chi connectivity index (χ0n) is 14.2. The molecule has 0 atom stereocenters. The van der Waals surface area contributed by atoms with Crippen LogP contribution in [0.4, 0.5) is 5.69 Å². The van der Waals surface area contributed by atoms with Gasteiger partial charge in [-0.05, 0) is 43.5 Å². The summed E-state index contributed by atoms with van der Waals surface area (Å²) >= 11 is 0. The minimum atomic E-state index is -0.240. The number of nitrogens with zero attached hydrogens (tertiary/aromatic N) is 2. The number of hydrogen-bond donors (Lipinski definition) is 0. The van der Waals surface area contributed by atoms with Gasteiger partial charge in [0, 0.05) is 44.7 Å². The first-order valence-electron chi connectivity index (χ1n) is 9.05. The van der Waals surface area contributed by atoms with Gasteiger partial charge in [-0.3, -0.25) is 0 Å². The van der Waals surface area contributed by atoms with Crippen LogP contribution < -0.4 is 4.90 Å². The van der Waals surface area contributed by atoms with E-state index in [4.69, 9.17) is 9.47 Å². The van der Waals surface area contributed by atoms with Gasteiger partial charge in [0.15, 0.2) is 5.79 Å². The van der Waals surface area contributed by atoms with Crippen molar-refractivity contribution in [2.24, 2.45) is 0 Å². The predicted molar refractivity (Wildman–Crippen MR) is 92.0 cm³/mol. The standard InChI is InChI=1S/C19H28N2O2/c1-20-10-12-21(13-11-20)18-4-2-16(3-5-18)17-6-8-19(9-7-17)22-14-15-23-19/h2-5,17H,6-15H2,1H3. The number of likely N-dealkylation sites (N-methyl/N-ethyl adjacent to an activating group) is 1. The lowest BCUT2D eigenvalue weighted by Gasteiger charge is -2.36. The highest BCUT2D eigenvalue weighted by atomic mass is 16.7. The van der Waals surface area contributed by atoms with Crippen molar-refractivity contribution in [3.05, 3.63) is 29.8 Å². The Morgan fingerprint density at radius 3 is 2.13 bits per heavy atom. The quantitative estimate of drug-likeness (QED) is 0.838. The van der Waals surface area contributed by atoms with Crippen molar-refractivity contribution in [3.8, 4) is 0 Å². The monoisotopic (exact) mass is 316 g/mol. The fourth-order valence-electron chi connectivity index (χ4n) is 4.20. The van der Waals surface area contributed by atoms with Crippen LogP contribution in [0.3, 0.4) is 0 Å². The molecule has 23 heavy (non-hydrogen) atoms. The Balaban J connectivity index is 1.37. The van der Waals surface area contributed by atoms with E-state index in [1.807, 2.05) is 0 Å². The van der Waals surface area contributed by atoms with Crippen molar-refractivity contribution in [1.29, 1.82) is 0 Å². The Bertz CT molecular complexity index is 507. The zero-order valence-corrected chi connectivity index (χ0v) is 14.2. The molecular formula is C19H28N2O2. The third-order valence-electron chi connectivity index (χ3n) is 5.79.